The van der Waals surface area contributed by atoms with Gasteiger partial charge in [-0.3, -0.25) is 0 Å². The van der Waals surface area contributed by atoms with Gasteiger partial charge in [-0.15, -0.1) is 0 Å². The van der Waals surface area contributed by atoms with Crippen molar-refractivity contribution in [2.45, 2.75) is 24.7 Å². The first-order chi connectivity index (χ1) is 10.1. The molecule has 1 aliphatic rings. The van der Waals surface area contributed by atoms with Gasteiger partial charge >= 0.3 is 0 Å². The number of nitrogens with zero attached hydrogens (tertiary/aromatic N) is 4. The molecule has 7 heteroatoms. The third-order valence-electron chi connectivity index (χ3n) is 3.70. The molecule has 0 radical (unpaired) electrons. The predicted molar refractivity (Wildman–Crippen MR) is 78.5 cm³/mol. The second-order valence-corrected chi connectivity index (χ2v) is 7.36. The first-order valence-electron chi connectivity index (χ1n) is 7.03. The van der Waals surface area contributed by atoms with Gasteiger partial charge in [-0.25, -0.2) is 18.1 Å². The van der Waals surface area contributed by atoms with E-state index in [4.69, 9.17) is 0 Å². The van der Waals surface area contributed by atoms with Crippen LogP contribution in [0.5, 0.6) is 0 Å². The van der Waals surface area contributed by atoms with Crippen LogP contribution in [0.1, 0.15) is 19.8 Å². The molecule has 2 aromatic rings. The van der Waals surface area contributed by atoms with Gasteiger partial charge < -0.3 is 0 Å². The van der Waals surface area contributed by atoms with Crippen LogP contribution in [-0.2, 0) is 10.0 Å². The highest BCUT2D eigenvalue weighted by Gasteiger charge is 2.29. The minimum Gasteiger partial charge on any atom is -0.237 e. The number of hydrogen-bond donors (Lipinski definition) is 0. The van der Waals surface area contributed by atoms with E-state index in [2.05, 4.69) is 17.0 Å². The first-order valence-corrected chi connectivity index (χ1v) is 8.47. The maximum Gasteiger partial charge on any atom is 0.246 e. The van der Waals surface area contributed by atoms with Crippen molar-refractivity contribution in [1.29, 1.82) is 0 Å². The summed E-state index contributed by atoms with van der Waals surface area (Å²) in [5.74, 6) is 1.00. The Kier molecular flexibility index (Phi) is 3.77. The van der Waals surface area contributed by atoms with Crippen molar-refractivity contribution in [3.05, 3.63) is 36.8 Å². The Morgan fingerprint density at radius 2 is 2.19 bits per heavy atom. The molecule has 0 amide bonds. The molecule has 0 N–H and O–H groups in total. The second-order valence-electron chi connectivity index (χ2n) is 5.42. The van der Waals surface area contributed by atoms with E-state index < -0.39 is 10.0 Å². The summed E-state index contributed by atoms with van der Waals surface area (Å²) in [6.07, 6.45) is 6.56. The van der Waals surface area contributed by atoms with Crippen molar-refractivity contribution in [2.75, 3.05) is 13.1 Å². The molecule has 1 atom stereocenters. The molecule has 1 fully saturated rings. The average molecular weight is 306 g/mol. The Morgan fingerprint density at radius 1 is 1.33 bits per heavy atom. The van der Waals surface area contributed by atoms with Gasteiger partial charge in [0, 0.05) is 19.3 Å². The summed E-state index contributed by atoms with van der Waals surface area (Å²) in [6, 6.07) is 5.43. The van der Waals surface area contributed by atoms with Gasteiger partial charge in [0.05, 0.1) is 12.4 Å². The third kappa shape index (κ3) is 2.84. The van der Waals surface area contributed by atoms with Crippen LogP contribution in [0.3, 0.4) is 0 Å². The lowest BCUT2D eigenvalue weighted by Crippen LogP contribution is -2.38. The summed E-state index contributed by atoms with van der Waals surface area (Å²) in [5, 5.41) is 4.11. The number of rotatable bonds is 3. The zero-order valence-corrected chi connectivity index (χ0v) is 12.7. The molecule has 3 heterocycles. The highest BCUT2D eigenvalue weighted by molar-refractivity contribution is 7.89. The van der Waals surface area contributed by atoms with E-state index >= 15 is 0 Å². The van der Waals surface area contributed by atoms with E-state index in [0.29, 0.717) is 24.8 Å². The van der Waals surface area contributed by atoms with E-state index in [0.717, 1.165) is 12.8 Å². The van der Waals surface area contributed by atoms with E-state index in [9.17, 15) is 8.42 Å². The molecule has 0 aromatic carbocycles. The number of piperidine rings is 1. The smallest absolute Gasteiger partial charge is 0.237 e. The third-order valence-corrected chi connectivity index (χ3v) is 5.52. The highest BCUT2D eigenvalue weighted by Crippen LogP contribution is 2.23. The standard InChI is InChI=1S/C14H18N4O2S/c1-12-5-4-8-17(10-12)21(19,20)13-9-16-18(11-13)14-6-2-3-7-15-14/h2-3,6-7,9,11-12H,4-5,8,10H2,1H3. The van der Waals surface area contributed by atoms with E-state index in [-0.39, 0.29) is 4.90 Å². The molecule has 0 saturated carbocycles. The van der Waals surface area contributed by atoms with Crippen LogP contribution in [0.4, 0.5) is 0 Å². The van der Waals surface area contributed by atoms with Crippen LogP contribution in [0.2, 0.25) is 0 Å². The van der Waals surface area contributed by atoms with Gasteiger partial charge in [0.25, 0.3) is 0 Å². The zero-order valence-electron chi connectivity index (χ0n) is 11.9. The fourth-order valence-corrected chi connectivity index (χ4v) is 4.10. The molecule has 6 nitrogen and oxygen atoms in total. The number of sulfonamides is 1. The SMILES string of the molecule is CC1CCCN(S(=O)(=O)c2cnn(-c3ccccn3)c2)C1. The summed E-state index contributed by atoms with van der Waals surface area (Å²) < 4.78 is 28.3. The van der Waals surface area contributed by atoms with Gasteiger partial charge in [0.15, 0.2) is 5.82 Å². The summed E-state index contributed by atoms with van der Waals surface area (Å²) in [5.41, 5.74) is 0. The first kappa shape index (κ1) is 14.2. The van der Waals surface area contributed by atoms with Crippen molar-refractivity contribution >= 4 is 10.0 Å². The fourth-order valence-electron chi connectivity index (χ4n) is 2.57. The molecule has 0 aliphatic carbocycles. The van der Waals surface area contributed by atoms with Gasteiger partial charge in [0.1, 0.15) is 4.90 Å². The quantitative estimate of drug-likeness (QED) is 0.865. The van der Waals surface area contributed by atoms with Crippen LogP contribution in [0, 0.1) is 5.92 Å². The van der Waals surface area contributed by atoms with E-state index in [1.807, 2.05) is 6.07 Å². The van der Waals surface area contributed by atoms with Crippen LogP contribution in [0.15, 0.2) is 41.7 Å². The Balaban J connectivity index is 1.88. The molecule has 3 rings (SSSR count). The Labute approximate surface area is 124 Å². The molecule has 21 heavy (non-hydrogen) atoms. The Hall–Kier alpha value is -1.73. The minimum absolute atomic E-state index is 0.224. The largest absolute Gasteiger partial charge is 0.246 e. The number of aromatic nitrogens is 3. The van der Waals surface area contributed by atoms with Crippen molar-refractivity contribution in [1.82, 2.24) is 19.1 Å². The zero-order chi connectivity index (χ0) is 14.9. The fraction of sp³-hybridized carbons (Fsp3) is 0.429. The molecule has 1 unspecified atom stereocenters. The lowest BCUT2D eigenvalue weighted by Gasteiger charge is -2.29. The molecule has 112 valence electrons. The average Bonchev–Trinajstić information content (AvgIpc) is 2.99. The van der Waals surface area contributed by atoms with Gasteiger partial charge in [0.2, 0.25) is 10.0 Å². The van der Waals surface area contributed by atoms with Crippen LogP contribution in [-0.4, -0.2) is 40.6 Å². The lowest BCUT2D eigenvalue weighted by molar-refractivity contribution is 0.281. The number of pyridine rings is 1. The molecule has 1 saturated heterocycles. The maximum atomic E-state index is 12.6. The molecule has 0 bridgehead atoms. The molecule has 0 spiro atoms. The van der Waals surface area contributed by atoms with Crippen LogP contribution < -0.4 is 0 Å². The second kappa shape index (κ2) is 5.57. The Morgan fingerprint density at radius 3 is 2.90 bits per heavy atom. The molecular weight excluding hydrogens is 288 g/mol. The van der Waals surface area contributed by atoms with Crippen molar-refractivity contribution in [3.8, 4) is 5.82 Å². The minimum atomic E-state index is -3.46. The maximum absolute atomic E-state index is 12.6. The van der Waals surface area contributed by atoms with Gasteiger partial charge in [-0.05, 0) is 30.9 Å². The van der Waals surface area contributed by atoms with Crippen molar-refractivity contribution in [3.63, 3.8) is 0 Å². The van der Waals surface area contributed by atoms with Crippen molar-refractivity contribution in [2.24, 2.45) is 5.92 Å². The van der Waals surface area contributed by atoms with Crippen LogP contribution in [0.25, 0.3) is 5.82 Å². The molecular formula is C14H18N4O2S. The summed E-state index contributed by atoms with van der Waals surface area (Å²) in [6.45, 7) is 3.25. The monoisotopic (exact) mass is 306 g/mol. The normalized spacial score (nSPS) is 20.5. The predicted octanol–water partition coefficient (Wildman–Crippen LogP) is 1.69. The summed E-state index contributed by atoms with van der Waals surface area (Å²) in [4.78, 5) is 4.39. The van der Waals surface area contributed by atoms with E-state index in [1.54, 1.807) is 22.6 Å². The van der Waals surface area contributed by atoms with Gasteiger partial charge in [-0.1, -0.05) is 13.0 Å². The van der Waals surface area contributed by atoms with Crippen LogP contribution >= 0.6 is 0 Å². The molecule has 2 aromatic heterocycles. The van der Waals surface area contributed by atoms with E-state index in [1.165, 1.54) is 17.1 Å². The molecule has 1 aliphatic heterocycles. The van der Waals surface area contributed by atoms with Crippen molar-refractivity contribution < 1.29 is 8.42 Å². The number of hydrogen-bond acceptors (Lipinski definition) is 4. The lowest BCUT2D eigenvalue weighted by atomic mass is 10.0. The topological polar surface area (TPSA) is 68.1 Å². The highest BCUT2D eigenvalue weighted by atomic mass is 32.2. The van der Waals surface area contributed by atoms with Gasteiger partial charge in [-0.2, -0.15) is 9.40 Å². The summed E-state index contributed by atoms with van der Waals surface area (Å²) >= 11 is 0. The summed E-state index contributed by atoms with van der Waals surface area (Å²) in [7, 11) is -3.46. The Bertz CT molecular complexity index is 712.